The zero-order valence-electron chi connectivity index (χ0n) is 16.4. The van der Waals surface area contributed by atoms with Crippen molar-refractivity contribution >= 4 is 52.0 Å². The standard InChI is InChI=1S/C24H18Cl2N2O2/c1-14-3-11-19(12-4-14)28-23(29)21(16-6-9-17(25)10-7-16)22(24(28)30)27-20-13-18(26)8-5-15(20)2/h3-13,27H,1-2H3. The maximum atomic E-state index is 13.4. The van der Waals surface area contributed by atoms with Crippen LogP contribution in [0.4, 0.5) is 11.4 Å². The van der Waals surface area contributed by atoms with E-state index in [-0.39, 0.29) is 11.3 Å². The van der Waals surface area contributed by atoms with Crippen molar-refractivity contribution in [3.05, 3.63) is 99.2 Å². The van der Waals surface area contributed by atoms with Crippen LogP contribution in [0, 0.1) is 13.8 Å². The van der Waals surface area contributed by atoms with Gasteiger partial charge in [0.2, 0.25) is 0 Å². The summed E-state index contributed by atoms with van der Waals surface area (Å²) in [4.78, 5) is 28.0. The minimum atomic E-state index is -0.423. The van der Waals surface area contributed by atoms with Crippen LogP contribution in [0.15, 0.2) is 72.4 Å². The lowest BCUT2D eigenvalue weighted by Gasteiger charge is -2.16. The predicted octanol–water partition coefficient (Wildman–Crippen LogP) is 6.01. The molecule has 0 saturated heterocycles. The molecule has 0 fully saturated rings. The number of hydrogen-bond donors (Lipinski definition) is 1. The number of amides is 2. The Morgan fingerprint density at radius 1 is 0.767 bits per heavy atom. The molecule has 4 nitrogen and oxygen atoms in total. The third-order valence-electron chi connectivity index (χ3n) is 4.97. The van der Waals surface area contributed by atoms with Crippen LogP contribution in [0.3, 0.4) is 0 Å². The highest BCUT2D eigenvalue weighted by atomic mass is 35.5. The monoisotopic (exact) mass is 436 g/mol. The van der Waals surface area contributed by atoms with E-state index in [0.29, 0.717) is 27.0 Å². The molecule has 30 heavy (non-hydrogen) atoms. The molecule has 6 heteroatoms. The Hall–Kier alpha value is -3.08. The summed E-state index contributed by atoms with van der Waals surface area (Å²) in [5, 5.41) is 4.23. The minimum Gasteiger partial charge on any atom is -0.350 e. The van der Waals surface area contributed by atoms with E-state index in [1.165, 1.54) is 4.90 Å². The first-order valence-electron chi connectivity index (χ1n) is 9.34. The molecular formula is C24H18Cl2N2O2. The summed E-state index contributed by atoms with van der Waals surface area (Å²) in [6.07, 6.45) is 0. The normalized spacial score (nSPS) is 13.9. The van der Waals surface area contributed by atoms with Gasteiger partial charge in [0.25, 0.3) is 11.8 Å². The molecular weight excluding hydrogens is 419 g/mol. The molecule has 150 valence electrons. The van der Waals surface area contributed by atoms with E-state index in [2.05, 4.69) is 5.32 Å². The van der Waals surface area contributed by atoms with Crippen LogP contribution in [0.1, 0.15) is 16.7 Å². The second-order valence-electron chi connectivity index (χ2n) is 7.12. The Morgan fingerprint density at radius 2 is 1.40 bits per heavy atom. The number of nitrogens with zero attached hydrogens (tertiary/aromatic N) is 1. The van der Waals surface area contributed by atoms with Crippen molar-refractivity contribution in [3.63, 3.8) is 0 Å². The van der Waals surface area contributed by atoms with Crippen LogP contribution in [-0.4, -0.2) is 11.8 Å². The van der Waals surface area contributed by atoms with Crippen LogP contribution in [-0.2, 0) is 9.59 Å². The molecule has 0 saturated carbocycles. The molecule has 1 N–H and O–H groups in total. The Kier molecular flexibility index (Phi) is 5.37. The fraction of sp³-hybridized carbons (Fsp3) is 0.0833. The lowest BCUT2D eigenvalue weighted by atomic mass is 10.0. The van der Waals surface area contributed by atoms with E-state index in [9.17, 15) is 9.59 Å². The molecule has 0 unspecified atom stereocenters. The Morgan fingerprint density at radius 3 is 2.07 bits per heavy atom. The zero-order valence-corrected chi connectivity index (χ0v) is 17.9. The molecule has 4 rings (SSSR count). The Labute approximate surface area is 184 Å². The third-order valence-corrected chi connectivity index (χ3v) is 5.46. The van der Waals surface area contributed by atoms with Crippen molar-refractivity contribution in [2.24, 2.45) is 0 Å². The van der Waals surface area contributed by atoms with Gasteiger partial charge in [-0.25, -0.2) is 4.90 Å². The van der Waals surface area contributed by atoms with Crippen molar-refractivity contribution in [3.8, 4) is 0 Å². The van der Waals surface area contributed by atoms with E-state index in [0.717, 1.165) is 11.1 Å². The summed E-state index contributed by atoms with van der Waals surface area (Å²) in [7, 11) is 0. The second-order valence-corrected chi connectivity index (χ2v) is 8.00. The molecule has 1 aliphatic rings. The highest BCUT2D eigenvalue weighted by Gasteiger charge is 2.40. The quantitative estimate of drug-likeness (QED) is 0.509. The van der Waals surface area contributed by atoms with Gasteiger partial charge in [0.1, 0.15) is 5.70 Å². The number of rotatable bonds is 4. The maximum absolute atomic E-state index is 13.4. The highest BCUT2D eigenvalue weighted by Crippen LogP contribution is 2.35. The first kappa shape index (κ1) is 20.2. The summed E-state index contributed by atoms with van der Waals surface area (Å²) < 4.78 is 0. The van der Waals surface area contributed by atoms with E-state index in [1.54, 1.807) is 48.5 Å². The summed E-state index contributed by atoms with van der Waals surface area (Å²) in [6.45, 7) is 3.85. The number of halogens is 2. The number of carbonyl (C=O) groups excluding carboxylic acids is 2. The average molecular weight is 437 g/mol. The number of aryl methyl sites for hydroxylation is 2. The van der Waals surface area contributed by atoms with Gasteiger partial charge < -0.3 is 5.32 Å². The van der Waals surface area contributed by atoms with Gasteiger partial charge in [-0.1, -0.05) is 59.1 Å². The van der Waals surface area contributed by atoms with Crippen LogP contribution in [0.25, 0.3) is 5.57 Å². The number of nitrogens with one attached hydrogen (secondary N) is 1. The van der Waals surface area contributed by atoms with Crippen molar-refractivity contribution in [1.29, 1.82) is 0 Å². The fourth-order valence-electron chi connectivity index (χ4n) is 3.32. The molecule has 0 aromatic heterocycles. The number of imide groups is 1. The first-order chi connectivity index (χ1) is 14.3. The molecule has 0 bridgehead atoms. The molecule has 2 amide bonds. The Balaban J connectivity index is 1.84. The van der Waals surface area contributed by atoms with E-state index in [1.807, 2.05) is 32.0 Å². The SMILES string of the molecule is Cc1ccc(N2C(=O)C(Nc3cc(Cl)ccc3C)=C(c3ccc(Cl)cc3)C2=O)cc1. The zero-order chi connectivity index (χ0) is 21.4. The number of benzene rings is 3. The van der Waals surface area contributed by atoms with Crippen LogP contribution in [0.5, 0.6) is 0 Å². The maximum Gasteiger partial charge on any atom is 0.282 e. The summed E-state index contributed by atoms with van der Waals surface area (Å²) in [5.41, 5.74) is 4.21. The first-order valence-corrected chi connectivity index (χ1v) is 10.1. The van der Waals surface area contributed by atoms with Gasteiger partial charge in [-0.3, -0.25) is 9.59 Å². The lowest BCUT2D eigenvalue weighted by Crippen LogP contribution is -2.32. The number of carbonyl (C=O) groups is 2. The van der Waals surface area contributed by atoms with Crippen LogP contribution >= 0.6 is 23.2 Å². The average Bonchev–Trinajstić information content (AvgIpc) is 2.96. The highest BCUT2D eigenvalue weighted by molar-refractivity contribution is 6.46. The van der Waals surface area contributed by atoms with Crippen molar-refractivity contribution in [1.82, 2.24) is 0 Å². The van der Waals surface area contributed by atoms with Gasteiger partial charge in [-0.2, -0.15) is 0 Å². The Bertz CT molecular complexity index is 1180. The summed E-state index contributed by atoms with van der Waals surface area (Å²) in [6, 6.07) is 19.5. The molecule has 0 radical (unpaired) electrons. The predicted molar refractivity (Wildman–Crippen MR) is 122 cm³/mol. The summed E-state index contributed by atoms with van der Waals surface area (Å²) in [5.74, 6) is -0.818. The van der Waals surface area contributed by atoms with Gasteiger partial charge in [0.05, 0.1) is 11.3 Å². The van der Waals surface area contributed by atoms with Crippen molar-refractivity contribution in [2.45, 2.75) is 13.8 Å². The second kappa shape index (κ2) is 7.98. The molecule has 3 aromatic carbocycles. The van der Waals surface area contributed by atoms with Gasteiger partial charge in [-0.15, -0.1) is 0 Å². The molecule has 0 aliphatic carbocycles. The smallest absolute Gasteiger partial charge is 0.282 e. The summed E-state index contributed by atoms with van der Waals surface area (Å²) >= 11 is 12.2. The molecule has 1 heterocycles. The van der Waals surface area contributed by atoms with E-state index < -0.39 is 11.8 Å². The van der Waals surface area contributed by atoms with Crippen LogP contribution < -0.4 is 10.2 Å². The van der Waals surface area contributed by atoms with Crippen LogP contribution in [0.2, 0.25) is 10.0 Å². The van der Waals surface area contributed by atoms with Gasteiger partial charge in [-0.05, 0) is 61.4 Å². The largest absolute Gasteiger partial charge is 0.350 e. The van der Waals surface area contributed by atoms with Crippen molar-refractivity contribution in [2.75, 3.05) is 10.2 Å². The minimum absolute atomic E-state index is 0.202. The van der Waals surface area contributed by atoms with E-state index in [4.69, 9.17) is 23.2 Å². The molecule has 3 aromatic rings. The third kappa shape index (κ3) is 3.72. The topological polar surface area (TPSA) is 49.4 Å². The van der Waals surface area contributed by atoms with E-state index >= 15 is 0 Å². The van der Waals surface area contributed by atoms with Gasteiger partial charge in [0, 0.05) is 15.7 Å². The molecule has 0 spiro atoms. The molecule has 1 aliphatic heterocycles. The van der Waals surface area contributed by atoms with Gasteiger partial charge >= 0.3 is 0 Å². The molecule has 0 atom stereocenters. The number of hydrogen-bond acceptors (Lipinski definition) is 3. The number of anilines is 2. The van der Waals surface area contributed by atoms with Crippen molar-refractivity contribution < 1.29 is 9.59 Å². The fourth-order valence-corrected chi connectivity index (χ4v) is 3.62. The lowest BCUT2D eigenvalue weighted by molar-refractivity contribution is -0.120. The van der Waals surface area contributed by atoms with Gasteiger partial charge in [0.15, 0.2) is 0 Å².